The number of nitrogens with two attached hydrogens (primary N) is 1. The summed E-state index contributed by atoms with van der Waals surface area (Å²) in [6, 6.07) is 26.8. The standard InChI is InChI=1S/C20H16N2/c21-19-17-12-6-4-10-15(17)16-11-5-7-13-18(16)20(19)22-14-8-2-1-3-9-14/h1-13,22H,21H2. The van der Waals surface area contributed by atoms with Crippen molar-refractivity contribution in [3.63, 3.8) is 0 Å². The minimum Gasteiger partial charge on any atom is -0.397 e. The summed E-state index contributed by atoms with van der Waals surface area (Å²) in [5.41, 5.74) is 9.27. The first kappa shape index (κ1) is 12.7. The Balaban J connectivity index is 2.05. The lowest BCUT2D eigenvalue weighted by atomic mass is 9.98. The summed E-state index contributed by atoms with van der Waals surface area (Å²) in [5.74, 6) is 0. The van der Waals surface area contributed by atoms with E-state index in [-0.39, 0.29) is 0 Å². The van der Waals surface area contributed by atoms with E-state index < -0.39 is 0 Å². The average molecular weight is 284 g/mol. The Morgan fingerprint density at radius 2 is 1.05 bits per heavy atom. The maximum Gasteiger partial charge on any atom is 0.0704 e. The molecule has 0 aromatic heterocycles. The van der Waals surface area contributed by atoms with Crippen molar-refractivity contribution in [2.75, 3.05) is 11.1 Å². The molecule has 0 saturated carbocycles. The molecule has 0 radical (unpaired) electrons. The lowest BCUT2D eigenvalue weighted by Gasteiger charge is -2.16. The highest BCUT2D eigenvalue weighted by atomic mass is 14.9. The van der Waals surface area contributed by atoms with Crippen LogP contribution < -0.4 is 11.1 Å². The predicted octanol–water partition coefficient (Wildman–Crippen LogP) is 5.32. The third-order valence-corrected chi connectivity index (χ3v) is 4.02. The largest absolute Gasteiger partial charge is 0.397 e. The lowest BCUT2D eigenvalue weighted by molar-refractivity contribution is 1.58. The molecule has 2 nitrogen and oxygen atoms in total. The van der Waals surface area contributed by atoms with Gasteiger partial charge in [-0.3, -0.25) is 0 Å². The summed E-state index contributed by atoms with van der Waals surface area (Å²) < 4.78 is 0. The van der Waals surface area contributed by atoms with Crippen LogP contribution in [0.25, 0.3) is 21.5 Å². The van der Waals surface area contributed by atoms with Gasteiger partial charge >= 0.3 is 0 Å². The SMILES string of the molecule is Nc1c(Nc2ccccc2)c2ccccc2c2ccccc12. The van der Waals surface area contributed by atoms with Gasteiger partial charge in [0.1, 0.15) is 0 Å². The van der Waals surface area contributed by atoms with Crippen molar-refractivity contribution in [3.05, 3.63) is 78.9 Å². The number of fused-ring (bicyclic) bond motifs is 3. The monoisotopic (exact) mass is 284 g/mol. The maximum atomic E-state index is 6.47. The molecule has 0 aliphatic heterocycles. The molecule has 0 amide bonds. The van der Waals surface area contributed by atoms with E-state index in [1.807, 2.05) is 42.5 Å². The second kappa shape index (κ2) is 5.08. The third-order valence-electron chi connectivity index (χ3n) is 4.02. The Labute approximate surface area is 129 Å². The molecule has 0 saturated heterocycles. The number of hydrogen-bond acceptors (Lipinski definition) is 2. The van der Waals surface area contributed by atoms with Crippen LogP contribution in [0.3, 0.4) is 0 Å². The highest BCUT2D eigenvalue weighted by molar-refractivity contribution is 6.20. The van der Waals surface area contributed by atoms with Gasteiger partial charge < -0.3 is 11.1 Å². The van der Waals surface area contributed by atoms with Crippen molar-refractivity contribution >= 4 is 38.6 Å². The first-order valence-electron chi connectivity index (χ1n) is 7.35. The van der Waals surface area contributed by atoms with Crippen LogP contribution in [0.4, 0.5) is 17.1 Å². The number of nitrogens with one attached hydrogen (secondary N) is 1. The Kier molecular flexibility index (Phi) is 2.94. The van der Waals surface area contributed by atoms with Gasteiger partial charge in [0.15, 0.2) is 0 Å². The van der Waals surface area contributed by atoms with Gasteiger partial charge in [-0.05, 0) is 22.9 Å². The van der Waals surface area contributed by atoms with E-state index in [1.54, 1.807) is 0 Å². The molecule has 2 heteroatoms. The molecule has 0 heterocycles. The van der Waals surface area contributed by atoms with E-state index >= 15 is 0 Å². The minimum absolute atomic E-state index is 0.790. The Morgan fingerprint density at radius 3 is 1.73 bits per heavy atom. The van der Waals surface area contributed by atoms with Crippen LogP contribution in [0.1, 0.15) is 0 Å². The van der Waals surface area contributed by atoms with Gasteiger partial charge in [-0.15, -0.1) is 0 Å². The van der Waals surface area contributed by atoms with Crippen LogP contribution in [0.2, 0.25) is 0 Å². The number of hydrogen-bond donors (Lipinski definition) is 2. The Morgan fingerprint density at radius 1 is 0.545 bits per heavy atom. The molecule has 0 spiro atoms. The third kappa shape index (κ3) is 1.97. The summed E-state index contributed by atoms with van der Waals surface area (Å²) in [6.07, 6.45) is 0. The van der Waals surface area contributed by atoms with E-state index in [1.165, 1.54) is 10.8 Å². The second-order valence-electron chi connectivity index (χ2n) is 5.37. The van der Waals surface area contributed by atoms with Gasteiger partial charge in [-0.2, -0.15) is 0 Å². The van der Waals surface area contributed by atoms with Crippen molar-refractivity contribution in [1.29, 1.82) is 0 Å². The van der Waals surface area contributed by atoms with E-state index in [0.717, 1.165) is 27.8 Å². The van der Waals surface area contributed by atoms with Crippen LogP contribution in [-0.2, 0) is 0 Å². The fourth-order valence-electron chi connectivity index (χ4n) is 2.97. The molecule has 4 aromatic rings. The summed E-state index contributed by atoms with van der Waals surface area (Å²) in [4.78, 5) is 0. The summed E-state index contributed by atoms with van der Waals surface area (Å²) in [5, 5.41) is 8.11. The van der Waals surface area contributed by atoms with E-state index in [9.17, 15) is 0 Å². The minimum atomic E-state index is 0.790. The highest BCUT2D eigenvalue weighted by Crippen LogP contribution is 2.39. The molecular formula is C20H16N2. The Bertz CT molecular complexity index is 959. The van der Waals surface area contributed by atoms with Crippen LogP contribution in [0.5, 0.6) is 0 Å². The van der Waals surface area contributed by atoms with Gasteiger partial charge in [0.05, 0.1) is 11.4 Å². The van der Waals surface area contributed by atoms with Gasteiger partial charge in [-0.25, -0.2) is 0 Å². The van der Waals surface area contributed by atoms with E-state index in [2.05, 4.69) is 41.7 Å². The zero-order valence-corrected chi connectivity index (χ0v) is 12.1. The van der Waals surface area contributed by atoms with Crippen LogP contribution >= 0.6 is 0 Å². The number of rotatable bonds is 2. The average Bonchev–Trinajstić information content (AvgIpc) is 2.59. The molecule has 4 aromatic carbocycles. The van der Waals surface area contributed by atoms with Gasteiger partial charge in [0.25, 0.3) is 0 Å². The molecule has 3 N–H and O–H groups in total. The van der Waals surface area contributed by atoms with Crippen molar-refractivity contribution < 1.29 is 0 Å². The number of para-hydroxylation sites is 1. The van der Waals surface area contributed by atoms with Gasteiger partial charge in [-0.1, -0.05) is 66.7 Å². The number of nitrogen functional groups attached to an aromatic ring is 1. The summed E-state index contributed by atoms with van der Waals surface area (Å²) in [6.45, 7) is 0. The first-order valence-corrected chi connectivity index (χ1v) is 7.35. The highest BCUT2D eigenvalue weighted by Gasteiger charge is 2.11. The fourth-order valence-corrected chi connectivity index (χ4v) is 2.97. The summed E-state index contributed by atoms with van der Waals surface area (Å²) >= 11 is 0. The molecule has 0 aliphatic rings. The van der Waals surface area contributed by atoms with Crippen LogP contribution in [0, 0.1) is 0 Å². The fraction of sp³-hybridized carbons (Fsp3) is 0. The first-order chi connectivity index (χ1) is 10.8. The number of benzene rings is 4. The van der Waals surface area contributed by atoms with Crippen LogP contribution in [0.15, 0.2) is 78.9 Å². The molecule has 22 heavy (non-hydrogen) atoms. The van der Waals surface area contributed by atoms with Crippen molar-refractivity contribution in [1.82, 2.24) is 0 Å². The molecule has 0 fully saturated rings. The van der Waals surface area contributed by atoms with Crippen molar-refractivity contribution in [2.45, 2.75) is 0 Å². The van der Waals surface area contributed by atoms with Gasteiger partial charge in [0, 0.05) is 16.5 Å². The quantitative estimate of drug-likeness (QED) is 0.297. The Hall–Kier alpha value is -3.00. The zero-order valence-electron chi connectivity index (χ0n) is 12.1. The molecule has 0 atom stereocenters. The second-order valence-corrected chi connectivity index (χ2v) is 5.37. The molecule has 0 unspecified atom stereocenters. The van der Waals surface area contributed by atoms with Crippen molar-refractivity contribution in [3.8, 4) is 0 Å². The lowest BCUT2D eigenvalue weighted by Crippen LogP contribution is -1.99. The van der Waals surface area contributed by atoms with E-state index in [4.69, 9.17) is 5.73 Å². The van der Waals surface area contributed by atoms with Gasteiger partial charge in [0.2, 0.25) is 0 Å². The molecule has 106 valence electrons. The van der Waals surface area contributed by atoms with Crippen LogP contribution in [-0.4, -0.2) is 0 Å². The maximum absolute atomic E-state index is 6.47. The van der Waals surface area contributed by atoms with E-state index in [0.29, 0.717) is 0 Å². The normalized spacial score (nSPS) is 10.9. The molecule has 0 bridgehead atoms. The van der Waals surface area contributed by atoms with Crippen molar-refractivity contribution in [2.24, 2.45) is 0 Å². The smallest absolute Gasteiger partial charge is 0.0704 e. The zero-order chi connectivity index (χ0) is 14.9. The molecule has 0 aliphatic carbocycles. The topological polar surface area (TPSA) is 38.0 Å². The molecular weight excluding hydrogens is 268 g/mol. The molecule has 4 rings (SSSR count). The number of anilines is 3. The predicted molar refractivity (Wildman–Crippen MR) is 95.6 cm³/mol. The summed E-state index contributed by atoms with van der Waals surface area (Å²) in [7, 11) is 0.